The summed E-state index contributed by atoms with van der Waals surface area (Å²) in [5, 5.41) is 3.68. The van der Waals surface area contributed by atoms with Crippen molar-refractivity contribution in [2.75, 3.05) is 26.4 Å². The summed E-state index contributed by atoms with van der Waals surface area (Å²) in [6.07, 6.45) is 9.17. The van der Waals surface area contributed by atoms with E-state index in [9.17, 15) is 0 Å². The van der Waals surface area contributed by atoms with Crippen molar-refractivity contribution >= 4 is 0 Å². The first-order valence-corrected chi connectivity index (χ1v) is 7.69. The first-order valence-electron chi connectivity index (χ1n) is 7.69. The van der Waals surface area contributed by atoms with Crippen LogP contribution in [0.25, 0.3) is 0 Å². The Hall–Kier alpha value is -0.910. The fourth-order valence-corrected chi connectivity index (χ4v) is 3.32. The number of nitrogens with zero attached hydrogens (tertiary/aromatic N) is 2. The van der Waals surface area contributed by atoms with Crippen molar-refractivity contribution in [3.8, 4) is 0 Å². The van der Waals surface area contributed by atoms with Gasteiger partial charge in [0.15, 0.2) is 0 Å². The number of hydrogen-bond donors (Lipinski definition) is 1. The van der Waals surface area contributed by atoms with Crippen LogP contribution in [0, 0.1) is 0 Å². The molecule has 1 N–H and O–H groups in total. The minimum atomic E-state index is 0.0807. The smallest absolute Gasteiger partial charge is 0.109 e. The molecule has 1 atom stereocenters. The fourth-order valence-electron chi connectivity index (χ4n) is 3.32. The Balaban J connectivity index is 1.47. The maximum Gasteiger partial charge on any atom is 0.109 e. The second-order valence-electron chi connectivity index (χ2n) is 5.99. The molecule has 3 heterocycles. The van der Waals surface area contributed by atoms with Gasteiger partial charge in [-0.2, -0.15) is 0 Å². The van der Waals surface area contributed by atoms with Crippen molar-refractivity contribution in [1.29, 1.82) is 0 Å². The fraction of sp³-hybridized carbons (Fsp3) is 0.800. The van der Waals surface area contributed by atoms with E-state index in [2.05, 4.69) is 14.9 Å². The lowest BCUT2D eigenvalue weighted by molar-refractivity contribution is -0.140. The highest BCUT2D eigenvalue weighted by Gasteiger charge is 2.38. The molecule has 3 rings (SSSR count). The van der Waals surface area contributed by atoms with E-state index >= 15 is 0 Å². The topological polar surface area (TPSA) is 48.3 Å². The molecule has 2 saturated heterocycles. The molecule has 20 heavy (non-hydrogen) atoms. The lowest BCUT2D eigenvalue weighted by Gasteiger charge is -2.43. The molecule has 5 heteroatoms. The highest BCUT2D eigenvalue weighted by atomic mass is 16.5. The van der Waals surface area contributed by atoms with Gasteiger partial charge in [-0.1, -0.05) is 0 Å². The van der Waals surface area contributed by atoms with Crippen molar-refractivity contribution in [3.05, 3.63) is 18.2 Å². The first kappa shape index (κ1) is 14.0. The predicted octanol–water partition coefficient (Wildman–Crippen LogP) is 1.28. The number of imidazole rings is 1. The van der Waals surface area contributed by atoms with E-state index in [1.807, 2.05) is 19.4 Å². The number of ether oxygens (including phenoxy) is 2. The molecule has 112 valence electrons. The summed E-state index contributed by atoms with van der Waals surface area (Å²) in [7, 11) is 2.05. The van der Waals surface area contributed by atoms with Gasteiger partial charge in [-0.15, -0.1) is 0 Å². The molecule has 0 aromatic carbocycles. The van der Waals surface area contributed by atoms with Crippen molar-refractivity contribution in [3.63, 3.8) is 0 Å². The van der Waals surface area contributed by atoms with Crippen LogP contribution in [-0.4, -0.2) is 47.6 Å². The summed E-state index contributed by atoms with van der Waals surface area (Å²) >= 11 is 0. The summed E-state index contributed by atoms with van der Waals surface area (Å²) in [4.78, 5) is 4.36. The molecular weight excluding hydrogens is 254 g/mol. The van der Waals surface area contributed by atoms with E-state index in [0.717, 1.165) is 64.3 Å². The number of aromatic nitrogens is 2. The molecule has 1 spiro atoms. The highest BCUT2D eigenvalue weighted by molar-refractivity contribution is 4.94. The standard InChI is InChI=1S/C15H25N3O2/c1-18-8-7-17-14(18)2-6-16-13-3-9-20-15(12-13)4-10-19-11-5-15/h7-8,13,16H,2-6,9-12H2,1H3. The second-order valence-corrected chi connectivity index (χ2v) is 5.99. The number of nitrogens with one attached hydrogen (secondary N) is 1. The van der Waals surface area contributed by atoms with Gasteiger partial charge < -0.3 is 19.4 Å². The third kappa shape index (κ3) is 3.22. The molecule has 1 aromatic heterocycles. The van der Waals surface area contributed by atoms with Crippen LogP contribution in [0.5, 0.6) is 0 Å². The molecule has 0 saturated carbocycles. The summed E-state index contributed by atoms with van der Waals surface area (Å²) in [6.45, 7) is 3.56. The Labute approximate surface area is 120 Å². The minimum Gasteiger partial charge on any atom is -0.381 e. The Morgan fingerprint density at radius 3 is 3.00 bits per heavy atom. The molecule has 2 fully saturated rings. The van der Waals surface area contributed by atoms with Gasteiger partial charge in [-0.05, 0) is 25.7 Å². The molecule has 2 aliphatic heterocycles. The van der Waals surface area contributed by atoms with Crippen molar-refractivity contribution in [2.45, 2.75) is 43.7 Å². The number of rotatable bonds is 4. The summed E-state index contributed by atoms with van der Waals surface area (Å²) in [6, 6.07) is 0.571. The molecule has 0 radical (unpaired) electrons. The lowest BCUT2D eigenvalue weighted by Crippen LogP contribution is -2.50. The summed E-state index contributed by atoms with van der Waals surface area (Å²) in [5.41, 5.74) is 0.0807. The molecule has 0 aliphatic carbocycles. The van der Waals surface area contributed by atoms with Gasteiger partial charge in [0, 0.05) is 58.3 Å². The van der Waals surface area contributed by atoms with Gasteiger partial charge in [0.2, 0.25) is 0 Å². The number of hydrogen-bond acceptors (Lipinski definition) is 4. The zero-order valence-corrected chi connectivity index (χ0v) is 12.3. The first-order chi connectivity index (χ1) is 9.77. The van der Waals surface area contributed by atoms with Crippen LogP contribution in [0.3, 0.4) is 0 Å². The van der Waals surface area contributed by atoms with Crippen LogP contribution in [0.4, 0.5) is 0 Å². The second kappa shape index (κ2) is 6.24. The zero-order chi connectivity index (χ0) is 13.8. The number of aryl methyl sites for hydroxylation is 1. The van der Waals surface area contributed by atoms with Gasteiger partial charge >= 0.3 is 0 Å². The van der Waals surface area contributed by atoms with E-state index in [1.165, 1.54) is 0 Å². The SMILES string of the molecule is Cn1ccnc1CCNC1CCOC2(CCOCC2)C1. The lowest BCUT2D eigenvalue weighted by atomic mass is 9.84. The molecule has 1 unspecified atom stereocenters. The van der Waals surface area contributed by atoms with Crippen molar-refractivity contribution in [2.24, 2.45) is 7.05 Å². The average molecular weight is 279 g/mol. The maximum atomic E-state index is 6.07. The van der Waals surface area contributed by atoms with Crippen molar-refractivity contribution < 1.29 is 9.47 Å². The Morgan fingerprint density at radius 2 is 2.25 bits per heavy atom. The van der Waals surface area contributed by atoms with Crippen LogP contribution in [0.2, 0.25) is 0 Å². The van der Waals surface area contributed by atoms with E-state index < -0.39 is 0 Å². The zero-order valence-electron chi connectivity index (χ0n) is 12.3. The molecular formula is C15H25N3O2. The van der Waals surface area contributed by atoms with Gasteiger partial charge in [-0.25, -0.2) is 4.98 Å². The van der Waals surface area contributed by atoms with Crippen LogP contribution in [-0.2, 0) is 22.9 Å². The van der Waals surface area contributed by atoms with E-state index in [4.69, 9.17) is 9.47 Å². The highest BCUT2D eigenvalue weighted by Crippen LogP contribution is 2.34. The van der Waals surface area contributed by atoms with Gasteiger partial charge in [0.25, 0.3) is 0 Å². The van der Waals surface area contributed by atoms with Gasteiger partial charge in [0.05, 0.1) is 5.60 Å². The van der Waals surface area contributed by atoms with E-state index in [1.54, 1.807) is 0 Å². The van der Waals surface area contributed by atoms with Crippen LogP contribution in [0.1, 0.15) is 31.5 Å². The third-order valence-corrected chi connectivity index (χ3v) is 4.60. The average Bonchev–Trinajstić information content (AvgIpc) is 2.86. The maximum absolute atomic E-state index is 6.07. The van der Waals surface area contributed by atoms with E-state index in [0.29, 0.717) is 6.04 Å². The third-order valence-electron chi connectivity index (χ3n) is 4.60. The van der Waals surface area contributed by atoms with Crippen molar-refractivity contribution in [1.82, 2.24) is 14.9 Å². The van der Waals surface area contributed by atoms with Gasteiger partial charge in [0.1, 0.15) is 5.82 Å². The van der Waals surface area contributed by atoms with Crippen LogP contribution >= 0.6 is 0 Å². The quantitative estimate of drug-likeness (QED) is 0.902. The van der Waals surface area contributed by atoms with Crippen LogP contribution < -0.4 is 5.32 Å². The molecule has 0 amide bonds. The summed E-state index contributed by atoms with van der Waals surface area (Å²) in [5.74, 6) is 1.14. The van der Waals surface area contributed by atoms with E-state index in [-0.39, 0.29) is 5.60 Å². The predicted molar refractivity (Wildman–Crippen MR) is 76.7 cm³/mol. The Morgan fingerprint density at radius 1 is 1.40 bits per heavy atom. The summed E-state index contributed by atoms with van der Waals surface area (Å²) < 4.78 is 13.6. The Kier molecular flexibility index (Phi) is 4.38. The molecule has 1 aromatic rings. The minimum absolute atomic E-state index is 0.0807. The van der Waals surface area contributed by atoms with Gasteiger partial charge in [-0.3, -0.25) is 0 Å². The van der Waals surface area contributed by atoms with Crippen LogP contribution in [0.15, 0.2) is 12.4 Å². The molecule has 2 aliphatic rings. The molecule has 0 bridgehead atoms. The normalized spacial score (nSPS) is 25.9. The molecule has 5 nitrogen and oxygen atoms in total. The Bertz CT molecular complexity index is 421. The monoisotopic (exact) mass is 279 g/mol. The largest absolute Gasteiger partial charge is 0.381 e.